The van der Waals surface area contributed by atoms with E-state index in [1.54, 1.807) is 0 Å². The first-order chi connectivity index (χ1) is 12.5. The number of aryl methyl sites for hydroxylation is 4. The molecule has 0 aliphatic rings. The molecule has 128 valence electrons. The number of hydrogen-bond donors (Lipinski definition) is 0. The van der Waals surface area contributed by atoms with Crippen molar-refractivity contribution in [1.82, 2.24) is 4.98 Å². The molecule has 0 fully saturated rings. The molecule has 0 unspecified atom stereocenters. The standard InChI is InChI=1S/C23H19NOS/c1-12-10-19(24-11-13(12)2)17-6-5-7-18-21-20(25-22(17)18)9-8-16-14(3)15(4)26-23(16)21/h5-11H,1-4H3. The van der Waals surface area contributed by atoms with Crippen LogP contribution in [0, 0.1) is 27.7 Å². The molecule has 0 radical (unpaired) electrons. The normalized spacial score (nSPS) is 11.8. The fourth-order valence-electron chi connectivity index (χ4n) is 3.65. The predicted octanol–water partition coefficient (Wildman–Crippen LogP) is 7.10. The highest BCUT2D eigenvalue weighted by Gasteiger charge is 2.17. The maximum absolute atomic E-state index is 6.33. The third kappa shape index (κ3) is 2.07. The predicted molar refractivity (Wildman–Crippen MR) is 111 cm³/mol. The van der Waals surface area contributed by atoms with E-state index in [2.05, 4.69) is 69.1 Å². The SMILES string of the molecule is Cc1cnc(-c2cccc3c2oc2ccc4c(C)c(C)sc4c23)cc1C. The molecular weight excluding hydrogens is 338 g/mol. The minimum atomic E-state index is 0.925. The Balaban J connectivity index is 1.90. The molecule has 3 heterocycles. The molecule has 0 amide bonds. The first-order valence-corrected chi connectivity index (χ1v) is 9.64. The van der Waals surface area contributed by atoms with Crippen molar-refractivity contribution in [2.45, 2.75) is 27.7 Å². The number of rotatable bonds is 1. The molecule has 0 spiro atoms. The van der Waals surface area contributed by atoms with Crippen molar-refractivity contribution in [2.75, 3.05) is 0 Å². The first kappa shape index (κ1) is 15.6. The van der Waals surface area contributed by atoms with Crippen LogP contribution in [0.25, 0.3) is 43.3 Å². The van der Waals surface area contributed by atoms with Gasteiger partial charge in [0, 0.05) is 32.1 Å². The van der Waals surface area contributed by atoms with Gasteiger partial charge in [0.05, 0.1) is 5.69 Å². The number of hydrogen-bond acceptors (Lipinski definition) is 3. The Morgan fingerprint density at radius 1 is 0.923 bits per heavy atom. The quantitative estimate of drug-likeness (QED) is 0.320. The molecule has 0 atom stereocenters. The molecule has 0 saturated heterocycles. The van der Waals surface area contributed by atoms with Crippen LogP contribution in [0.5, 0.6) is 0 Å². The topological polar surface area (TPSA) is 26.0 Å². The van der Waals surface area contributed by atoms with Crippen molar-refractivity contribution in [3.05, 3.63) is 64.2 Å². The highest BCUT2D eigenvalue weighted by Crippen LogP contribution is 2.42. The van der Waals surface area contributed by atoms with E-state index in [-0.39, 0.29) is 0 Å². The molecule has 3 aromatic heterocycles. The van der Waals surface area contributed by atoms with Gasteiger partial charge >= 0.3 is 0 Å². The number of furan rings is 1. The summed E-state index contributed by atoms with van der Waals surface area (Å²) in [5, 5.41) is 3.73. The number of aromatic nitrogens is 1. The molecule has 3 heteroatoms. The summed E-state index contributed by atoms with van der Waals surface area (Å²) in [5.74, 6) is 0. The Morgan fingerprint density at radius 3 is 2.58 bits per heavy atom. The lowest BCUT2D eigenvalue weighted by Gasteiger charge is -2.05. The van der Waals surface area contributed by atoms with Crippen LogP contribution < -0.4 is 0 Å². The van der Waals surface area contributed by atoms with Gasteiger partial charge in [-0.1, -0.05) is 12.1 Å². The highest BCUT2D eigenvalue weighted by molar-refractivity contribution is 7.20. The zero-order valence-electron chi connectivity index (χ0n) is 15.3. The molecule has 0 bridgehead atoms. The maximum atomic E-state index is 6.33. The molecule has 0 aliphatic carbocycles. The molecule has 5 aromatic rings. The highest BCUT2D eigenvalue weighted by atomic mass is 32.1. The number of pyridine rings is 1. The molecule has 2 nitrogen and oxygen atoms in total. The van der Waals surface area contributed by atoms with E-state index in [0.717, 1.165) is 22.4 Å². The Labute approximate surface area is 156 Å². The summed E-state index contributed by atoms with van der Waals surface area (Å²) in [7, 11) is 0. The average molecular weight is 357 g/mol. The van der Waals surface area contributed by atoms with Gasteiger partial charge in [-0.3, -0.25) is 4.98 Å². The molecule has 0 N–H and O–H groups in total. The zero-order chi connectivity index (χ0) is 18.0. The van der Waals surface area contributed by atoms with Gasteiger partial charge in [0.15, 0.2) is 0 Å². The van der Waals surface area contributed by atoms with Gasteiger partial charge in [0.1, 0.15) is 11.2 Å². The minimum Gasteiger partial charge on any atom is -0.455 e. The summed E-state index contributed by atoms with van der Waals surface area (Å²) < 4.78 is 7.65. The zero-order valence-corrected chi connectivity index (χ0v) is 16.1. The number of para-hydroxylation sites is 1. The van der Waals surface area contributed by atoms with E-state index in [4.69, 9.17) is 4.42 Å². The number of thiophene rings is 1. The van der Waals surface area contributed by atoms with Gasteiger partial charge < -0.3 is 4.42 Å². The summed E-state index contributed by atoms with van der Waals surface area (Å²) in [5.41, 5.74) is 7.71. The Bertz CT molecular complexity index is 1320. The van der Waals surface area contributed by atoms with Crippen molar-refractivity contribution in [3.63, 3.8) is 0 Å². The maximum Gasteiger partial charge on any atom is 0.144 e. The summed E-state index contributed by atoms with van der Waals surface area (Å²) in [6.07, 6.45) is 1.94. The van der Waals surface area contributed by atoms with Crippen LogP contribution in [0.3, 0.4) is 0 Å². The summed E-state index contributed by atoms with van der Waals surface area (Å²) >= 11 is 1.86. The molecule has 5 rings (SSSR count). The van der Waals surface area contributed by atoms with E-state index in [1.165, 1.54) is 42.4 Å². The lowest BCUT2D eigenvalue weighted by molar-refractivity contribution is 0.670. The van der Waals surface area contributed by atoms with Crippen molar-refractivity contribution in [2.24, 2.45) is 0 Å². The summed E-state index contributed by atoms with van der Waals surface area (Å²) in [6.45, 7) is 8.61. The summed E-state index contributed by atoms with van der Waals surface area (Å²) in [4.78, 5) is 6.02. The van der Waals surface area contributed by atoms with E-state index < -0.39 is 0 Å². The van der Waals surface area contributed by atoms with Gasteiger partial charge in [-0.2, -0.15) is 0 Å². The van der Waals surface area contributed by atoms with Gasteiger partial charge in [0.2, 0.25) is 0 Å². The molecule has 26 heavy (non-hydrogen) atoms. The lowest BCUT2D eigenvalue weighted by atomic mass is 10.0. The van der Waals surface area contributed by atoms with Crippen LogP contribution >= 0.6 is 11.3 Å². The summed E-state index contributed by atoms with van der Waals surface area (Å²) in [6, 6.07) is 12.8. The van der Waals surface area contributed by atoms with Crippen LogP contribution in [0.4, 0.5) is 0 Å². The van der Waals surface area contributed by atoms with Crippen LogP contribution in [0.2, 0.25) is 0 Å². The van der Waals surface area contributed by atoms with Gasteiger partial charge in [-0.05, 0) is 74.0 Å². The monoisotopic (exact) mass is 357 g/mol. The lowest BCUT2D eigenvalue weighted by Crippen LogP contribution is -1.88. The van der Waals surface area contributed by atoms with Gasteiger partial charge in [-0.25, -0.2) is 0 Å². The van der Waals surface area contributed by atoms with Crippen LogP contribution in [0.15, 0.2) is 47.0 Å². The Kier molecular flexibility index (Phi) is 3.25. The number of benzene rings is 2. The molecule has 0 aliphatic heterocycles. The Morgan fingerprint density at radius 2 is 1.77 bits per heavy atom. The largest absolute Gasteiger partial charge is 0.455 e. The smallest absolute Gasteiger partial charge is 0.144 e. The van der Waals surface area contributed by atoms with Gasteiger partial charge in [-0.15, -0.1) is 11.3 Å². The van der Waals surface area contributed by atoms with Crippen LogP contribution in [-0.2, 0) is 0 Å². The molecular formula is C23H19NOS. The third-order valence-electron chi connectivity index (χ3n) is 5.45. The number of nitrogens with zero attached hydrogens (tertiary/aromatic N) is 1. The second-order valence-corrected chi connectivity index (χ2v) is 8.26. The minimum absolute atomic E-state index is 0.925. The Hall–Kier alpha value is -2.65. The fraction of sp³-hybridized carbons (Fsp3) is 0.174. The first-order valence-electron chi connectivity index (χ1n) is 8.82. The van der Waals surface area contributed by atoms with Crippen LogP contribution in [0.1, 0.15) is 21.6 Å². The van der Waals surface area contributed by atoms with Crippen molar-refractivity contribution >= 4 is 43.4 Å². The fourth-order valence-corrected chi connectivity index (χ4v) is 4.87. The number of fused-ring (bicyclic) bond motifs is 5. The average Bonchev–Trinajstić information content (AvgIpc) is 3.15. The van der Waals surface area contributed by atoms with Crippen molar-refractivity contribution < 1.29 is 4.42 Å². The van der Waals surface area contributed by atoms with E-state index in [9.17, 15) is 0 Å². The second kappa shape index (κ2) is 5.42. The van der Waals surface area contributed by atoms with E-state index in [0.29, 0.717) is 0 Å². The van der Waals surface area contributed by atoms with Crippen molar-refractivity contribution in [1.29, 1.82) is 0 Å². The second-order valence-electron chi connectivity index (χ2n) is 7.04. The third-order valence-corrected chi connectivity index (χ3v) is 6.69. The molecule has 2 aromatic carbocycles. The van der Waals surface area contributed by atoms with E-state index in [1.807, 2.05) is 17.5 Å². The van der Waals surface area contributed by atoms with E-state index >= 15 is 0 Å². The van der Waals surface area contributed by atoms with Crippen molar-refractivity contribution in [3.8, 4) is 11.3 Å². The molecule has 0 saturated carbocycles. The van der Waals surface area contributed by atoms with Gasteiger partial charge in [0.25, 0.3) is 0 Å². The van der Waals surface area contributed by atoms with Crippen LogP contribution in [-0.4, -0.2) is 4.98 Å².